The molecule has 0 radical (unpaired) electrons. The van der Waals surface area contributed by atoms with E-state index in [0.29, 0.717) is 10.4 Å². The number of amides is 2. The second-order valence-electron chi connectivity index (χ2n) is 6.17. The Kier molecular flexibility index (Phi) is 6.31. The van der Waals surface area contributed by atoms with Gasteiger partial charge in [-0.3, -0.25) is 19.7 Å². The third-order valence-electron chi connectivity index (χ3n) is 4.04. The normalized spacial score (nSPS) is 10.2. The summed E-state index contributed by atoms with van der Waals surface area (Å²) in [7, 11) is 0. The second kappa shape index (κ2) is 9.07. The van der Waals surface area contributed by atoms with E-state index in [-0.39, 0.29) is 16.9 Å². The van der Waals surface area contributed by atoms with Gasteiger partial charge >= 0.3 is 5.97 Å². The summed E-state index contributed by atoms with van der Waals surface area (Å²) in [6.45, 7) is 1.27. The molecule has 2 amide bonds. The van der Waals surface area contributed by atoms with Crippen LogP contribution in [0.2, 0.25) is 0 Å². The van der Waals surface area contributed by atoms with E-state index in [2.05, 4.69) is 5.32 Å². The zero-order valence-electron chi connectivity index (χ0n) is 15.5. The van der Waals surface area contributed by atoms with Gasteiger partial charge in [-0.2, -0.15) is 0 Å². The van der Waals surface area contributed by atoms with Crippen LogP contribution in [0.1, 0.15) is 41.5 Å². The summed E-state index contributed by atoms with van der Waals surface area (Å²) in [4.78, 5) is 49.3. The summed E-state index contributed by atoms with van der Waals surface area (Å²) in [5, 5.41) is 3.86. The fourth-order valence-electron chi connectivity index (χ4n) is 2.56. The van der Waals surface area contributed by atoms with Gasteiger partial charge < -0.3 is 4.74 Å². The van der Waals surface area contributed by atoms with Crippen molar-refractivity contribution in [3.63, 3.8) is 0 Å². The van der Waals surface area contributed by atoms with Crippen molar-refractivity contribution in [3.05, 3.63) is 93.2 Å². The Morgan fingerprint density at radius 3 is 2.24 bits per heavy atom. The molecule has 0 aliphatic heterocycles. The molecule has 7 heteroatoms. The molecule has 0 spiro atoms. The Hall–Kier alpha value is -3.58. The molecule has 0 atom stereocenters. The van der Waals surface area contributed by atoms with Crippen LogP contribution in [0.3, 0.4) is 0 Å². The van der Waals surface area contributed by atoms with E-state index >= 15 is 0 Å². The van der Waals surface area contributed by atoms with Gasteiger partial charge in [0.2, 0.25) is 0 Å². The van der Waals surface area contributed by atoms with Crippen LogP contribution in [0.4, 0.5) is 0 Å². The first-order valence-electron chi connectivity index (χ1n) is 8.71. The van der Waals surface area contributed by atoms with E-state index in [1.54, 1.807) is 41.8 Å². The highest BCUT2D eigenvalue weighted by Gasteiger charge is 2.20. The molecular weight excluding hydrogens is 390 g/mol. The van der Waals surface area contributed by atoms with Crippen LogP contribution < -0.4 is 5.32 Å². The average Bonchev–Trinajstić information content (AvgIpc) is 3.27. The number of aryl methyl sites for hydroxylation is 1. The second-order valence-corrected chi connectivity index (χ2v) is 7.12. The van der Waals surface area contributed by atoms with Crippen molar-refractivity contribution in [2.24, 2.45) is 0 Å². The summed E-state index contributed by atoms with van der Waals surface area (Å²) >= 11 is 1.19. The Morgan fingerprint density at radius 1 is 0.897 bits per heavy atom. The molecule has 146 valence electrons. The lowest BCUT2D eigenvalue weighted by Gasteiger charge is -2.09. The lowest BCUT2D eigenvalue weighted by Crippen LogP contribution is -2.33. The molecule has 29 heavy (non-hydrogen) atoms. The number of hydrogen-bond donors (Lipinski definition) is 1. The molecular formula is C22H17NO5S. The maximum absolute atomic E-state index is 12.8. The number of rotatable bonds is 6. The Balaban J connectivity index is 1.67. The molecule has 1 heterocycles. The highest BCUT2D eigenvalue weighted by Crippen LogP contribution is 2.16. The number of thiophene rings is 1. The Bertz CT molecular complexity index is 1060. The zero-order valence-corrected chi connectivity index (χ0v) is 16.3. The summed E-state index contributed by atoms with van der Waals surface area (Å²) in [6.07, 6.45) is 0. The van der Waals surface area contributed by atoms with Crippen molar-refractivity contribution in [1.29, 1.82) is 0 Å². The molecule has 3 rings (SSSR count). The summed E-state index contributed by atoms with van der Waals surface area (Å²) in [6, 6.07) is 16.5. The van der Waals surface area contributed by atoms with E-state index in [4.69, 9.17) is 4.74 Å². The lowest BCUT2D eigenvalue weighted by molar-refractivity contribution is -0.123. The molecule has 2 aromatic carbocycles. The first-order chi connectivity index (χ1) is 14.0. The van der Waals surface area contributed by atoms with Crippen LogP contribution in [-0.4, -0.2) is 30.2 Å². The van der Waals surface area contributed by atoms with Gasteiger partial charge in [0.25, 0.3) is 11.8 Å². The Labute approximate surface area is 171 Å². The minimum Gasteiger partial charge on any atom is -0.452 e. The lowest BCUT2D eigenvalue weighted by atomic mass is 9.98. The third kappa shape index (κ3) is 5.03. The van der Waals surface area contributed by atoms with E-state index < -0.39 is 24.4 Å². The van der Waals surface area contributed by atoms with Crippen molar-refractivity contribution >= 4 is 34.9 Å². The monoisotopic (exact) mass is 407 g/mol. The molecule has 0 fully saturated rings. The summed E-state index contributed by atoms with van der Waals surface area (Å²) in [5.74, 6) is -2.45. The molecule has 6 nitrogen and oxygen atoms in total. The highest BCUT2D eigenvalue weighted by atomic mass is 32.1. The number of nitrogens with one attached hydrogen (secondary N) is 1. The first kappa shape index (κ1) is 20.2. The van der Waals surface area contributed by atoms with Gasteiger partial charge in [-0.25, -0.2) is 4.79 Å². The predicted molar refractivity (Wildman–Crippen MR) is 108 cm³/mol. The number of carbonyl (C=O) groups excluding carboxylic acids is 4. The van der Waals surface area contributed by atoms with Crippen LogP contribution in [0.25, 0.3) is 0 Å². The van der Waals surface area contributed by atoms with Crippen LogP contribution in [0, 0.1) is 6.92 Å². The SMILES string of the molecule is Cc1ccc(C(=O)c2ccccc2C(=O)OCC(=O)NC(=O)c2cccs2)cc1. The van der Waals surface area contributed by atoms with Crippen LogP contribution in [-0.2, 0) is 9.53 Å². The van der Waals surface area contributed by atoms with E-state index in [1.165, 1.54) is 23.5 Å². The third-order valence-corrected chi connectivity index (χ3v) is 4.91. The number of ketones is 1. The smallest absolute Gasteiger partial charge is 0.339 e. The molecule has 0 unspecified atom stereocenters. The number of esters is 1. The molecule has 0 saturated heterocycles. The van der Waals surface area contributed by atoms with Gasteiger partial charge in [0.15, 0.2) is 12.4 Å². The van der Waals surface area contributed by atoms with Gasteiger partial charge in [-0.1, -0.05) is 54.1 Å². The van der Waals surface area contributed by atoms with E-state index in [9.17, 15) is 19.2 Å². The number of benzene rings is 2. The van der Waals surface area contributed by atoms with Crippen molar-refractivity contribution in [3.8, 4) is 0 Å². The van der Waals surface area contributed by atoms with Crippen LogP contribution in [0.5, 0.6) is 0 Å². The molecule has 1 aromatic heterocycles. The van der Waals surface area contributed by atoms with Crippen LogP contribution in [0.15, 0.2) is 66.0 Å². The maximum atomic E-state index is 12.8. The van der Waals surface area contributed by atoms with Crippen molar-refractivity contribution in [2.75, 3.05) is 6.61 Å². The quantitative estimate of drug-likeness (QED) is 0.500. The van der Waals surface area contributed by atoms with Crippen LogP contribution >= 0.6 is 11.3 Å². The van der Waals surface area contributed by atoms with E-state index in [1.807, 2.05) is 19.1 Å². The average molecular weight is 407 g/mol. The molecule has 0 aliphatic rings. The van der Waals surface area contributed by atoms with Gasteiger partial charge in [-0.15, -0.1) is 11.3 Å². The Morgan fingerprint density at radius 2 is 1.59 bits per heavy atom. The number of carbonyl (C=O) groups is 4. The van der Waals surface area contributed by atoms with Gasteiger partial charge in [0.05, 0.1) is 10.4 Å². The fraction of sp³-hybridized carbons (Fsp3) is 0.0909. The minimum absolute atomic E-state index is 0.0514. The molecule has 0 bridgehead atoms. The number of ether oxygens (including phenoxy) is 1. The van der Waals surface area contributed by atoms with E-state index in [0.717, 1.165) is 5.56 Å². The summed E-state index contributed by atoms with van der Waals surface area (Å²) in [5.41, 5.74) is 1.68. The number of imide groups is 1. The van der Waals surface area contributed by atoms with Gasteiger partial charge in [-0.05, 0) is 24.4 Å². The van der Waals surface area contributed by atoms with Crippen molar-refractivity contribution in [1.82, 2.24) is 5.32 Å². The van der Waals surface area contributed by atoms with Crippen molar-refractivity contribution < 1.29 is 23.9 Å². The maximum Gasteiger partial charge on any atom is 0.339 e. The largest absolute Gasteiger partial charge is 0.452 e. The zero-order chi connectivity index (χ0) is 20.8. The highest BCUT2D eigenvalue weighted by molar-refractivity contribution is 7.12. The minimum atomic E-state index is -0.820. The molecule has 0 saturated carbocycles. The standard InChI is InChI=1S/C22H17NO5S/c1-14-8-10-15(11-9-14)20(25)16-5-2-3-6-17(16)22(27)28-13-19(24)23-21(26)18-7-4-12-29-18/h2-12H,13H2,1H3,(H,23,24,26). The fourth-order valence-corrected chi connectivity index (χ4v) is 3.18. The van der Waals surface area contributed by atoms with Gasteiger partial charge in [0, 0.05) is 11.1 Å². The summed E-state index contributed by atoms with van der Waals surface area (Å²) < 4.78 is 5.00. The molecule has 1 N–H and O–H groups in total. The molecule has 3 aromatic rings. The topological polar surface area (TPSA) is 89.5 Å². The molecule has 0 aliphatic carbocycles. The predicted octanol–water partition coefficient (Wildman–Crippen LogP) is 3.40. The number of hydrogen-bond acceptors (Lipinski definition) is 6. The van der Waals surface area contributed by atoms with Gasteiger partial charge in [0.1, 0.15) is 0 Å². The first-order valence-corrected chi connectivity index (χ1v) is 9.59. The van der Waals surface area contributed by atoms with Crippen molar-refractivity contribution in [2.45, 2.75) is 6.92 Å².